The second-order valence-corrected chi connectivity index (χ2v) is 11.0. The van der Waals surface area contributed by atoms with Crippen molar-refractivity contribution in [1.82, 2.24) is 14.3 Å². The smallest absolute Gasteiger partial charge is 0.243 e. The molecule has 3 aromatic rings. The zero-order valence-corrected chi connectivity index (χ0v) is 21.0. The third kappa shape index (κ3) is 5.42. The SMILES string of the molecule is Cc1nc(C)c(Cc2cccc(F)c2)c(N2CCCN(S(=O)(=O)c3ccc(Br)cc3)CC2)n1. The maximum atomic E-state index is 13.8. The van der Waals surface area contributed by atoms with Crippen molar-refractivity contribution in [2.75, 3.05) is 31.1 Å². The van der Waals surface area contributed by atoms with Gasteiger partial charge in [-0.15, -0.1) is 0 Å². The van der Waals surface area contributed by atoms with Crippen LogP contribution in [0.5, 0.6) is 0 Å². The number of sulfonamides is 1. The first kappa shape index (κ1) is 23.8. The van der Waals surface area contributed by atoms with E-state index in [0.717, 1.165) is 27.1 Å². The van der Waals surface area contributed by atoms with Gasteiger partial charge in [0.15, 0.2) is 0 Å². The molecule has 0 amide bonds. The fourth-order valence-corrected chi connectivity index (χ4v) is 5.87. The second-order valence-electron chi connectivity index (χ2n) is 8.16. The van der Waals surface area contributed by atoms with Crippen LogP contribution in [0.3, 0.4) is 0 Å². The summed E-state index contributed by atoms with van der Waals surface area (Å²) >= 11 is 3.35. The Labute approximate surface area is 202 Å². The average Bonchev–Trinajstić information content (AvgIpc) is 3.03. The zero-order valence-electron chi connectivity index (χ0n) is 18.6. The van der Waals surface area contributed by atoms with Crippen LogP contribution >= 0.6 is 15.9 Å². The van der Waals surface area contributed by atoms with Crippen molar-refractivity contribution in [2.45, 2.75) is 31.6 Å². The van der Waals surface area contributed by atoms with E-state index in [1.54, 1.807) is 34.6 Å². The van der Waals surface area contributed by atoms with Crippen LogP contribution in [-0.4, -0.2) is 48.9 Å². The molecule has 0 spiro atoms. The molecular weight excluding hydrogens is 507 g/mol. The summed E-state index contributed by atoms with van der Waals surface area (Å²) in [6, 6.07) is 13.3. The summed E-state index contributed by atoms with van der Waals surface area (Å²) in [5.74, 6) is 1.18. The van der Waals surface area contributed by atoms with E-state index in [1.165, 1.54) is 12.1 Å². The van der Waals surface area contributed by atoms with Gasteiger partial charge in [0.05, 0.1) is 4.90 Å². The molecule has 0 saturated carbocycles. The summed E-state index contributed by atoms with van der Waals surface area (Å²) < 4.78 is 42.5. The van der Waals surface area contributed by atoms with Crippen molar-refractivity contribution >= 4 is 31.8 Å². The lowest BCUT2D eigenvalue weighted by molar-refractivity contribution is 0.433. The molecule has 0 atom stereocenters. The van der Waals surface area contributed by atoms with E-state index in [-0.39, 0.29) is 5.82 Å². The Morgan fingerprint density at radius 2 is 1.76 bits per heavy atom. The number of aryl methyl sites for hydroxylation is 2. The number of hydrogen-bond acceptors (Lipinski definition) is 5. The lowest BCUT2D eigenvalue weighted by Crippen LogP contribution is -2.35. The normalized spacial score (nSPS) is 15.5. The maximum Gasteiger partial charge on any atom is 0.243 e. The number of nitrogens with zero attached hydrogens (tertiary/aromatic N) is 4. The van der Waals surface area contributed by atoms with Crippen LogP contribution < -0.4 is 4.90 Å². The molecule has 0 N–H and O–H groups in total. The van der Waals surface area contributed by atoms with Crippen LogP contribution in [0.1, 0.15) is 29.1 Å². The van der Waals surface area contributed by atoms with Crippen LogP contribution in [0, 0.1) is 19.7 Å². The predicted octanol–water partition coefficient (Wildman–Crippen LogP) is 4.49. The number of anilines is 1. The van der Waals surface area contributed by atoms with Gasteiger partial charge in [-0.05, 0) is 62.2 Å². The third-order valence-corrected chi connectivity index (χ3v) is 8.22. The summed E-state index contributed by atoms with van der Waals surface area (Å²) in [5.41, 5.74) is 2.64. The highest BCUT2D eigenvalue weighted by molar-refractivity contribution is 9.10. The van der Waals surface area contributed by atoms with Crippen molar-refractivity contribution in [2.24, 2.45) is 0 Å². The average molecular weight is 533 g/mol. The number of hydrogen-bond donors (Lipinski definition) is 0. The Morgan fingerprint density at radius 1 is 1.00 bits per heavy atom. The van der Waals surface area contributed by atoms with E-state index < -0.39 is 10.0 Å². The molecule has 9 heteroatoms. The zero-order chi connectivity index (χ0) is 23.6. The number of rotatable bonds is 5. The van der Waals surface area contributed by atoms with Crippen LogP contribution in [0.2, 0.25) is 0 Å². The summed E-state index contributed by atoms with van der Waals surface area (Å²) in [6.07, 6.45) is 1.19. The third-order valence-electron chi connectivity index (χ3n) is 5.78. The van der Waals surface area contributed by atoms with Gasteiger partial charge in [0.25, 0.3) is 0 Å². The topological polar surface area (TPSA) is 66.4 Å². The van der Waals surface area contributed by atoms with Gasteiger partial charge in [-0.2, -0.15) is 4.31 Å². The van der Waals surface area contributed by atoms with Gasteiger partial charge < -0.3 is 4.90 Å². The first-order valence-electron chi connectivity index (χ1n) is 10.8. The fourth-order valence-electron chi connectivity index (χ4n) is 4.14. The highest BCUT2D eigenvalue weighted by atomic mass is 79.9. The van der Waals surface area contributed by atoms with Gasteiger partial charge >= 0.3 is 0 Å². The van der Waals surface area contributed by atoms with E-state index in [1.807, 2.05) is 19.9 Å². The largest absolute Gasteiger partial charge is 0.355 e. The lowest BCUT2D eigenvalue weighted by Gasteiger charge is -2.26. The molecule has 4 rings (SSSR count). The van der Waals surface area contributed by atoms with Crippen molar-refractivity contribution in [3.8, 4) is 0 Å². The van der Waals surface area contributed by atoms with Gasteiger partial charge in [-0.1, -0.05) is 28.1 Å². The van der Waals surface area contributed by atoms with Gasteiger partial charge in [0.1, 0.15) is 17.5 Å². The van der Waals surface area contributed by atoms with Gasteiger partial charge in [0, 0.05) is 48.3 Å². The Morgan fingerprint density at radius 3 is 2.48 bits per heavy atom. The predicted molar refractivity (Wildman–Crippen MR) is 130 cm³/mol. The van der Waals surface area contributed by atoms with Gasteiger partial charge in [-0.25, -0.2) is 22.8 Å². The molecule has 6 nitrogen and oxygen atoms in total. The minimum Gasteiger partial charge on any atom is -0.355 e. The van der Waals surface area contributed by atoms with Crippen LogP contribution in [0.4, 0.5) is 10.2 Å². The van der Waals surface area contributed by atoms with E-state index in [4.69, 9.17) is 4.98 Å². The number of halogens is 2. The van der Waals surface area contributed by atoms with Crippen LogP contribution in [0.15, 0.2) is 57.9 Å². The molecule has 0 radical (unpaired) electrons. The molecule has 0 unspecified atom stereocenters. The number of benzene rings is 2. The highest BCUT2D eigenvalue weighted by Crippen LogP contribution is 2.27. The monoisotopic (exact) mass is 532 g/mol. The first-order valence-corrected chi connectivity index (χ1v) is 13.1. The van der Waals surface area contributed by atoms with E-state index >= 15 is 0 Å². The van der Waals surface area contributed by atoms with Crippen molar-refractivity contribution in [1.29, 1.82) is 0 Å². The maximum absolute atomic E-state index is 13.8. The quantitative estimate of drug-likeness (QED) is 0.484. The summed E-state index contributed by atoms with van der Waals surface area (Å²) in [5, 5.41) is 0. The molecule has 1 saturated heterocycles. The molecule has 33 heavy (non-hydrogen) atoms. The molecule has 174 valence electrons. The van der Waals surface area contributed by atoms with Gasteiger partial charge in [-0.3, -0.25) is 0 Å². The second kappa shape index (κ2) is 9.87. The highest BCUT2D eigenvalue weighted by Gasteiger charge is 2.28. The molecule has 2 aromatic carbocycles. The standard InChI is InChI=1S/C24H26BrFN4O2S/c1-17-23(16-19-5-3-6-21(26)15-19)24(28-18(2)27-17)29-11-4-12-30(14-13-29)33(31,32)22-9-7-20(25)8-10-22/h3,5-10,15H,4,11-14,16H2,1-2H3. The Hall–Kier alpha value is -2.36. The van der Waals surface area contributed by atoms with E-state index in [2.05, 4.69) is 25.8 Å². The first-order chi connectivity index (χ1) is 15.7. The van der Waals surface area contributed by atoms with Gasteiger partial charge in [0.2, 0.25) is 10.0 Å². The Kier molecular flexibility index (Phi) is 7.11. The lowest BCUT2D eigenvalue weighted by atomic mass is 10.0. The van der Waals surface area contributed by atoms with E-state index in [9.17, 15) is 12.8 Å². The summed E-state index contributed by atoms with van der Waals surface area (Å²) in [4.78, 5) is 11.7. The van der Waals surface area contributed by atoms with Crippen LogP contribution in [-0.2, 0) is 16.4 Å². The molecule has 1 aromatic heterocycles. The van der Waals surface area contributed by atoms with Crippen molar-refractivity contribution in [3.63, 3.8) is 0 Å². The molecule has 1 aliphatic heterocycles. The van der Waals surface area contributed by atoms with Crippen LogP contribution in [0.25, 0.3) is 0 Å². The molecule has 2 heterocycles. The Bertz CT molecular complexity index is 1250. The minimum atomic E-state index is -3.58. The molecule has 0 bridgehead atoms. The van der Waals surface area contributed by atoms with E-state index in [0.29, 0.717) is 49.7 Å². The molecule has 1 fully saturated rings. The minimum absolute atomic E-state index is 0.275. The molecular formula is C24H26BrFN4O2S. The summed E-state index contributed by atoms with van der Waals surface area (Å²) in [7, 11) is -3.58. The Balaban J connectivity index is 1.59. The number of aromatic nitrogens is 2. The fraction of sp³-hybridized carbons (Fsp3) is 0.333. The summed E-state index contributed by atoms with van der Waals surface area (Å²) in [6.45, 7) is 5.79. The molecule has 0 aliphatic carbocycles. The van der Waals surface area contributed by atoms with Crippen molar-refractivity contribution in [3.05, 3.63) is 81.5 Å². The molecule has 1 aliphatic rings. The van der Waals surface area contributed by atoms with Crippen molar-refractivity contribution < 1.29 is 12.8 Å².